The molecule has 0 unspecified atom stereocenters. The molecule has 0 saturated carbocycles. The summed E-state index contributed by atoms with van der Waals surface area (Å²) < 4.78 is 7.17. The Morgan fingerprint density at radius 1 is 1.48 bits per heavy atom. The molecule has 2 aromatic rings. The summed E-state index contributed by atoms with van der Waals surface area (Å²) in [6, 6.07) is 1.75. The Labute approximate surface area is 123 Å². The summed E-state index contributed by atoms with van der Waals surface area (Å²) in [5, 5.41) is 9.59. The maximum absolute atomic E-state index is 11.7. The molecule has 2 aromatic heterocycles. The molecule has 0 spiro atoms. The Kier molecular flexibility index (Phi) is 5.51. The van der Waals surface area contributed by atoms with Crippen LogP contribution in [0.15, 0.2) is 18.5 Å². The lowest BCUT2D eigenvalue weighted by Crippen LogP contribution is -2.18. The Balaban J connectivity index is 1.80. The number of H-pyrrole nitrogens is 1. The van der Waals surface area contributed by atoms with Crippen molar-refractivity contribution in [1.29, 1.82) is 0 Å². The molecule has 114 valence electrons. The smallest absolute Gasteiger partial charge is 0.251 e. The number of aromatic amines is 1. The molecule has 0 aromatic carbocycles. The van der Waals surface area contributed by atoms with Crippen molar-refractivity contribution in [3.05, 3.63) is 18.5 Å². The lowest BCUT2D eigenvalue weighted by atomic mass is 10.3. The zero-order valence-electron chi connectivity index (χ0n) is 12.4. The summed E-state index contributed by atoms with van der Waals surface area (Å²) in [4.78, 5) is 15.9. The zero-order chi connectivity index (χ0) is 15.1. The van der Waals surface area contributed by atoms with Gasteiger partial charge in [-0.05, 0) is 6.42 Å². The molecule has 0 radical (unpaired) electrons. The average molecular weight is 291 g/mol. The van der Waals surface area contributed by atoms with Crippen LogP contribution in [0.25, 0.3) is 11.5 Å². The van der Waals surface area contributed by atoms with Gasteiger partial charge in [-0.25, -0.2) is 4.98 Å². The third-order valence-electron chi connectivity index (χ3n) is 3.03. The van der Waals surface area contributed by atoms with E-state index in [1.165, 1.54) is 0 Å². The molecule has 0 saturated heterocycles. The van der Waals surface area contributed by atoms with Crippen LogP contribution in [-0.4, -0.2) is 38.9 Å². The van der Waals surface area contributed by atoms with Gasteiger partial charge in [0.25, 0.3) is 5.91 Å². The molecular weight excluding hydrogens is 270 g/mol. The molecule has 7 heteroatoms. The molecule has 0 atom stereocenters. The van der Waals surface area contributed by atoms with Crippen LogP contribution >= 0.6 is 0 Å². The van der Waals surface area contributed by atoms with Crippen LogP contribution in [0.5, 0.6) is 0 Å². The molecule has 2 heterocycles. The molecule has 21 heavy (non-hydrogen) atoms. The highest BCUT2D eigenvalue weighted by molar-refractivity contribution is 5.91. The second-order valence-electron chi connectivity index (χ2n) is 4.84. The lowest BCUT2D eigenvalue weighted by Gasteiger charge is -2.03. The SMILES string of the molecule is CCCCCOCC(=O)Nc1cc(-c2nccn2C)[nH]n1. The van der Waals surface area contributed by atoms with Crippen LogP contribution < -0.4 is 5.32 Å². The highest BCUT2D eigenvalue weighted by Crippen LogP contribution is 2.16. The minimum Gasteiger partial charge on any atom is -0.372 e. The van der Waals surface area contributed by atoms with E-state index in [1.54, 1.807) is 12.3 Å². The number of imidazole rings is 1. The van der Waals surface area contributed by atoms with Crippen LogP contribution in [0.4, 0.5) is 5.82 Å². The van der Waals surface area contributed by atoms with Gasteiger partial charge >= 0.3 is 0 Å². The van der Waals surface area contributed by atoms with Gasteiger partial charge in [-0.15, -0.1) is 0 Å². The number of carbonyl (C=O) groups is 1. The summed E-state index contributed by atoms with van der Waals surface area (Å²) in [5.74, 6) is 1.03. The molecule has 7 nitrogen and oxygen atoms in total. The molecule has 0 aliphatic rings. The van der Waals surface area contributed by atoms with Crippen molar-refractivity contribution in [1.82, 2.24) is 19.7 Å². The molecule has 2 rings (SSSR count). The van der Waals surface area contributed by atoms with Crippen molar-refractivity contribution in [3.8, 4) is 11.5 Å². The van der Waals surface area contributed by atoms with Crippen LogP contribution in [0.3, 0.4) is 0 Å². The highest BCUT2D eigenvalue weighted by atomic mass is 16.5. The van der Waals surface area contributed by atoms with Gasteiger partial charge in [0.2, 0.25) is 0 Å². The fourth-order valence-corrected chi connectivity index (χ4v) is 1.92. The predicted molar refractivity (Wildman–Crippen MR) is 79.8 cm³/mol. The van der Waals surface area contributed by atoms with E-state index in [4.69, 9.17) is 4.74 Å². The summed E-state index contributed by atoms with van der Waals surface area (Å²) >= 11 is 0. The second-order valence-corrected chi connectivity index (χ2v) is 4.84. The Morgan fingerprint density at radius 2 is 2.33 bits per heavy atom. The summed E-state index contributed by atoms with van der Waals surface area (Å²) in [6.45, 7) is 2.79. The molecule has 2 N–H and O–H groups in total. The third kappa shape index (κ3) is 4.42. The number of nitrogens with one attached hydrogen (secondary N) is 2. The Bertz CT molecular complexity index is 575. The normalized spacial score (nSPS) is 10.8. The quantitative estimate of drug-likeness (QED) is 0.728. The van der Waals surface area contributed by atoms with E-state index in [2.05, 4.69) is 27.4 Å². The molecular formula is C14H21N5O2. The van der Waals surface area contributed by atoms with Gasteiger partial charge in [-0.2, -0.15) is 5.10 Å². The molecule has 0 fully saturated rings. The van der Waals surface area contributed by atoms with Crippen molar-refractivity contribution in [2.75, 3.05) is 18.5 Å². The van der Waals surface area contributed by atoms with Crippen LogP contribution in [0, 0.1) is 0 Å². The van der Waals surface area contributed by atoms with Gasteiger partial charge in [0.15, 0.2) is 11.6 Å². The second kappa shape index (κ2) is 7.58. The largest absolute Gasteiger partial charge is 0.372 e. The van der Waals surface area contributed by atoms with Crippen molar-refractivity contribution in [2.24, 2.45) is 7.05 Å². The fourth-order valence-electron chi connectivity index (χ4n) is 1.92. The van der Waals surface area contributed by atoms with E-state index < -0.39 is 0 Å². The minimum absolute atomic E-state index is 0.0499. The average Bonchev–Trinajstić information content (AvgIpc) is 3.07. The highest BCUT2D eigenvalue weighted by Gasteiger charge is 2.10. The molecule has 0 bridgehead atoms. The fraction of sp³-hybridized carbons (Fsp3) is 0.500. The van der Waals surface area contributed by atoms with Crippen molar-refractivity contribution in [2.45, 2.75) is 26.2 Å². The van der Waals surface area contributed by atoms with Crippen LogP contribution in [-0.2, 0) is 16.6 Å². The maximum atomic E-state index is 11.7. The van der Waals surface area contributed by atoms with Gasteiger partial charge in [0.1, 0.15) is 12.3 Å². The van der Waals surface area contributed by atoms with Crippen LogP contribution in [0.2, 0.25) is 0 Å². The number of unbranched alkanes of at least 4 members (excludes halogenated alkanes) is 2. The van der Waals surface area contributed by atoms with E-state index in [1.807, 2.05) is 17.8 Å². The lowest BCUT2D eigenvalue weighted by molar-refractivity contribution is -0.120. The first kappa shape index (κ1) is 15.2. The van der Waals surface area contributed by atoms with Gasteiger partial charge < -0.3 is 14.6 Å². The first-order valence-electron chi connectivity index (χ1n) is 7.11. The number of rotatable bonds is 8. The number of amides is 1. The standard InChI is InChI=1S/C14H21N5O2/c1-3-4-5-8-21-10-13(20)16-12-9-11(17-18-12)14-15-6-7-19(14)2/h6-7,9H,3-5,8,10H2,1-2H3,(H2,16,17,18,20). The van der Waals surface area contributed by atoms with E-state index >= 15 is 0 Å². The number of hydrogen-bond donors (Lipinski definition) is 2. The maximum Gasteiger partial charge on any atom is 0.251 e. The van der Waals surface area contributed by atoms with Gasteiger partial charge in [0, 0.05) is 32.1 Å². The first-order chi connectivity index (χ1) is 10.2. The Morgan fingerprint density at radius 3 is 3.05 bits per heavy atom. The first-order valence-corrected chi connectivity index (χ1v) is 7.11. The van der Waals surface area contributed by atoms with Crippen molar-refractivity contribution in [3.63, 3.8) is 0 Å². The number of aryl methyl sites for hydroxylation is 1. The van der Waals surface area contributed by atoms with Crippen molar-refractivity contribution < 1.29 is 9.53 Å². The molecule has 0 aliphatic heterocycles. The topological polar surface area (TPSA) is 84.8 Å². The van der Waals surface area contributed by atoms with Gasteiger partial charge in [-0.3, -0.25) is 9.89 Å². The number of hydrogen-bond acceptors (Lipinski definition) is 4. The minimum atomic E-state index is -0.204. The number of carbonyl (C=O) groups excluding carboxylic acids is 1. The van der Waals surface area contributed by atoms with E-state index in [9.17, 15) is 4.79 Å². The summed E-state index contributed by atoms with van der Waals surface area (Å²) in [6.07, 6.45) is 6.79. The zero-order valence-corrected chi connectivity index (χ0v) is 12.4. The number of nitrogens with zero attached hydrogens (tertiary/aromatic N) is 3. The van der Waals surface area contributed by atoms with E-state index in [0.29, 0.717) is 12.4 Å². The molecule has 0 aliphatic carbocycles. The predicted octanol–water partition coefficient (Wildman–Crippen LogP) is 1.96. The van der Waals surface area contributed by atoms with Crippen molar-refractivity contribution >= 4 is 11.7 Å². The van der Waals surface area contributed by atoms with E-state index in [-0.39, 0.29) is 12.5 Å². The monoisotopic (exact) mass is 291 g/mol. The summed E-state index contributed by atoms with van der Waals surface area (Å²) in [7, 11) is 1.89. The molecule has 1 amide bonds. The van der Waals surface area contributed by atoms with Crippen LogP contribution in [0.1, 0.15) is 26.2 Å². The Hall–Kier alpha value is -2.15. The summed E-state index contributed by atoms with van der Waals surface area (Å²) in [5.41, 5.74) is 0.752. The number of anilines is 1. The van der Waals surface area contributed by atoms with Gasteiger partial charge in [0.05, 0.1) is 0 Å². The number of aromatic nitrogens is 4. The van der Waals surface area contributed by atoms with Gasteiger partial charge in [-0.1, -0.05) is 19.8 Å². The van der Waals surface area contributed by atoms with E-state index in [0.717, 1.165) is 30.8 Å². The third-order valence-corrected chi connectivity index (χ3v) is 3.03. The number of ether oxygens (including phenoxy) is 1.